The lowest BCUT2D eigenvalue weighted by Crippen LogP contribution is -2.25. The first kappa shape index (κ1) is 21.9. The summed E-state index contributed by atoms with van der Waals surface area (Å²) >= 11 is 0. The second-order valence-corrected chi connectivity index (χ2v) is 8.07. The predicted molar refractivity (Wildman–Crippen MR) is 116 cm³/mol. The number of rotatable bonds is 8. The van der Waals surface area contributed by atoms with Crippen molar-refractivity contribution >= 4 is 0 Å². The molecule has 32 heavy (non-hydrogen) atoms. The van der Waals surface area contributed by atoms with Crippen LogP contribution in [-0.2, 0) is 6.42 Å². The molecule has 0 fully saturated rings. The molecule has 3 aromatic rings. The van der Waals surface area contributed by atoms with E-state index in [9.17, 15) is 14.0 Å². The molecule has 1 aliphatic carbocycles. The summed E-state index contributed by atoms with van der Waals surface area (Å²) in [6.45, 7) is 4.01. The minimum absolute atomic E-state index is 0.0440. The molecule has 1 aromatic heterocycles. The normalized spacial score (nSPS) is 15.2. The Bertz CT molecular complexity index is 1140. The van der Waals surface area contributed by atoms with Crippen molar-refractivity contribution in [3.63, 3.8) is 0 Å². The van der Waals surface area contributed by atoms with E-state index in [0.717, 1.165) is 29.5 Å². The lowest BCUT2D eigenvalue weighted by molar-refractivity contribution is 0.145. The van der Waals surface area contributed by atoms with E-state index in [1.54, 1.807) is 18.2 Å². The summed E-state index contributed by atoms with van der Waals surface area (Å²) in [5, 5.41) is 16.5. The number of nitrogens with one attached hydrogen (secondary N) is 1. The van der Waals surface area contributed by atoms with E-state index in [1.807, 2.05) is 32.0 Å². The Kier molecular flexibility index (Phi) is 6.47. The predicted octanol–water partition coefficient (Wildman–Crippen LogP) is 4.95. The molecule has 1 unspecified atom stereocenters. The van der Waals surface area contributed by atoms with Gasteiger partial charge in [-0.05, 0) is 61.9 Å². The highest BCUT2D eigenvalue weighted by Gasteiger charge is 2.26. The van der Waals surface area contributed by atoms with E-state index in [1.165, 1.54) is 0 Å². The molecule has 4 rings (SSSR count). The maximum Gasteiger partial charge on any atom is 0.258 e. The Morgan fingerprint density at radius 1 is 1.28 bits per heavy atom. The van der Waals surface area contributed by atoms with Crippen LogP contribution in [0.1, 0.15) is 42.9 Å². The van der Waals surface area contributed by atoms with Crippen molar-refractivity contribution in [2.24, 2.45) is 0 Å². The van der Waals surface area contributed by atoms with Gasteiger partial charge < -0.3 is 14.6 Å². The maximum atomic E-state index is 12.4. The molecule has 0 radical (unpaired) electrons. The average Bonchev–Trinajstić information content (AvgIpc) is 3.41. The molecule has 0 bridgehead atoms. The third-order valence-electron chi connectivity index (χ3n) is 5.46. The minimum atomic E-state index is -2.35. The van der Waals surface area contributed by atoms with Crippen LogP contribution in [0.3, 0.4) is 0 Å². The van der Waals surface area contributed by atoms with Gasteiger partial charge in [0.25, 0.3) is 12.3 Å². The van der Waals surface area contributed by atoms with Crippen molar-refractivity contribution in [2.45, 2.75) is 45.1 Å². The largest absolute Gasteiger partial charge is 0.490 e. The summed E-state index contributed by atoms with van der Waals surface area (Å²) in [5.41, 5.74) is 4.18. The van der Waals surface area contributed by atoms with Crippen molar-refractivity contribution < 1.29 is 18.0 Å². The average molecular weight is 438 g/mol. The van der Waals surface area contributed by atoms with E-state index in [-0.39, 0.29) is 18.6 Å². The number of nitriles is 1. The second kappa shape index (κ2) is 9.45. The van der Waals surface area contributed by atoms with Crippen molar-refractivity contribution in [2.75, 3.05) is 13.1 Å². The molecule has 2 aromatic carbocycles. The van der Waals surface area contributed by atoms with Crippen LogP contribution in [-0.4, -0.2) is 35.8 Å². The van der Waals surface area contributed by atoms with Crippen molar-refractivity contribution in [1.29, 1.82) is 5.26 Å². The molecular weight excluding hydrogens is 414 g/mol. The molecule has 0 amide bonds. The summed E-state index contributed by atoms with van der Waals surface area (Å²) in [4.78, 5) is 4.56. The first-order valence-corrected chi connectivity index (χ1v) is 10.6. The van der Waals surface area contributed by atoms with Gasteiger partial charge in [-0.15, -0.1) is 0 Å². The summed E-state index contributed by atoms with van der Waals surface area (Å²) in [7, 11) is 0. The van der Waals surface area contributed by atoms with Crippen LogP contribution in [0.5, 0.6) is 5.75 Å². The molecule has 0 spiro atoms. The van der Waals surface area contributed by atoms with Gasteiger partial charge in [0.2, 0.25) is 5.82 Å². The third kappa shape index (κ3) is 4.63. The molecule has 6 nitrogen and oxygen atoms in total. The molecule has 1 N–H and O–H groups in total. The zero-order chi connectivity index (χ0) is 22.7. The highest BCUT2D eigenvalue weighted by molar-refractivity contribution is 5.67. The number of fused-ring (bicyclic) bond motifs is 1. The van der Waals surface area contributed by atoms with E-state index in [4.69, 9.17) is 9.26 Å². The highest BCUT2D eigenvalue weighted by atomic mass is 19.3. The minimum Gasteiger partial charge on any atom is -0.490 e. The SMILES string of the molecule is CC(C)Oc1ccc(-c2nc(-c3cccc4c3CCC4CNCC(F)F)no2)cc1C#N. The molecule has 1 atom stereocenters. The lowest BCUT2D eigenvalue weighted by atomic mass is 9.98. The quantitative estimate of drug-likeness (QED) is 0.536. The Morgan fingerprint density at radius 3 is 2.88 bits per heavy atom. The maximum absolute atomic E-state index is 12.4. The molecule has 0 saturated heterocycles. The fourth-order valence-electron chi connectivity index (χ4n) is 4.09. The first-order chi connectivity index (χ1) is 15.5. The van der Waals surface area contributed by atoms with Gasteiger partial charge in [0, 0.05) is 17.7 Å². The van der Waals surface area contributed by atoms with Crippen molar-refractivity contribution in [3.8, 4) is 34.7 Å². The zero-order valence-corrected chi connectivity index (χ0v) is 17.9. The number of nitrogens with zero attached hydrogens (tertiary/aromatic N) is 3. The molecule has 166 valence electrons. The van der Waals surface area contributed by atoms with E-state index < -0.39 is 6.43 Å². The Hall–Kier alpha value is -3.31. The van der Waals surface area contributed by atoms with Gasteiger partial charge in [0.15, 0.2) is 0 Å². The smallest absolute Gasteiger partial charge is 0.258 e. The summed E-state index contributed by atoms with van der Waals surface area (Å²) < 4.78 is 36.1. The number of alkyl halides is 2. The molecular formula is C24H24F2N4O2. The van der Waals surface area contributed by atoms with Crippen LogP contribution in [0.15, 0.2) is 40.9 Å². The number of hydrogen-bond acceptors (Lipinski definition) is 6. The van der Waals surface area contributed by atoms with Gasteiger partial charge in [0.05, 0.1) is 18.2 Å². The Morgan fingerprint density at radius 2 is 2.12 bits per heavy atom. The lowest BCUT2D eigenvalue weighted by Gasteiger charge is -2.13. The molecule has 1 aliphatic rings. The molecule has 1 heterocycles. The van der Waals surface area contributed by atoms with E-state index >= 15 is 0 Å². The summed E-state index contributed by atoms with van der Waals surface area (Å²) in [6, 6.07) is 13.3. The monoisotopic (exact) mass is 438 g/mol. The molecule has 0 aliphatic heterocycles. The Labute approximate surface area is 185 Å². The number of halogens is 2. The fourth-order valence-corrected chi connectivity index (χ4v) is 4.09. The Balaban J connectivity index is 1.58. The standard InChI is InChI=1S/C24H24F2N4O2/c1-14(2)31-21-9-7-15(10-17(21)11-27)24-29-23(30-32-24)20-5-3-4-18-16(6-8-19(18)20)12-28-13-22(25)26/h3-5,7,9-10,14,16,22,28H,6,8,12-13H2,1-2H3. The van der Waals surface area contributed by atoms with Crippen LogP contribution in [0.25, 0.3) is 22.8 Å². The van der Waals surface area contributed by atoms with Crippen LogP contribution >= 0.6 is 0 Å². The molecule has 0 saturated carbocycles. The van der Waals surface area contributed by atoms with Gasteiger partial charge >= 0.3 is 0 Å². The number of benzene rings is 2. The van der Waals surface area contributed by atoms with Gasteiger partial charge in [0.1, 0.15) is 11.8 Å². The number of hydrogen-bond donors (Lipinski definition) is 1. The van der Waals surface area contributed by atoms with E-state index in [2.05, 4.69) is 21.5 Å². The van der Waals surface area contributed by atoms with Gasteiger partial charge in [-0.3, -0.25) is 0 Å². The first-order valence-electron chi connectivity index (χ1n) is 10.6. The zero-order valence-electron chi connectivity index (χ0n) is 17.9. The van der Waals surface area contributed by atoms with Crippen LogP contribution < -0.4 is 10.1 Å². The topological polar surface area (TPSA) is 84.0 Å². The summed E-state index contributed by atoms with van der Waals surface area (Å²) in [5.74, 6) is 1.48. The van der Waals surface area contributed by atoms with Gasteiger partial charge in [-0.25, -0.2) is 8.78 Å². The highest BCUT2D eigenvalue weighted by Crippen LogP contribution is 2.38. The molecule has 8 heteroatoms. The second-order valence-electron chi connectivity index (χ2n) is 8.07. The fraction of sp³-hybridized carbons (Fsp3) is 0.375. The van der Waals surface area contributed by atoms with Crippen molar-refractivity contribution in [1.82, 2.24) is 15.5 Å². The van der Waals surface area contributed by atoms with E-state index in [0.29, 0.717) is 35.1 Å². The summed E-state index contributed by atoms with van der Waals surface area (Å²) in [6.07, 6.45) is -0.683. The van der Waals surface area contributed by atoms with Crippen LogP contribution in [0.2, 0.25) is 0 Å². The van der Waals surface area contributed by atoms with Crippen LogP contribution in [0, 0.1) is 11.3 Å². The van der Waals surface area contributed by atoms with Crippen LogP contribution in [0.4, 0.5) is 8.78 Å². The van der Waals surface area contributed by atoms with Gasteiger partial charge in [-0.1, -0.05) is 23.4 Å². The number of ether oxygens (including phenoxy) is 1. The van der Waals surface area contributed by atoms with Crippen molar-refractivity contribution in [3.05, 3.63) is 53.1 Å². The third-order valence-corrected chi connectivity index (χ3v) is 5.46. The van der Waals surface area contributed by atoms with Gasteiger partial charge in [-0.2, -0.15) is 10.2 Å². The number of aromatic nitrogens is 2.